The molecular weight excluding hydrogens is 248 g/mol. The molecule has 3 nitrogen and oxygen atoms in total. The molecule has 0 aliphatic rings. The van der Waals surface area contributed by atoms with Crippen molar-refractivity contribution in [1.29, 1.82) is 0 Å². The molecular formula is C17H22N2O. The van der Waals surface area contributed by atoms with Gasteiger partial charge in [0.2, 0.25) is 0 Å². The molecule has 1 N–H and O–H groups in total. The summed E-state index contributed by atoms with van der Waals surface area (Å²) < 4.78 is 5.98. The number of anilines is 1. The zero-order valence-corrected chi connectivity index (χ0v) is 12.6. The fourth-order valence-electron chi connectivity index (χ4n) is 2.06. The third-order valence-corrected chi connectivity index (χ3v) is 3.27. The topological polar surface area (TPSA) is 34.1 Å². The molecule has 0 unspecified atom stereocenters. The standard InChI is InChI=1S/C17H22N2O/c1-12(2)15-7-5-13(3)9-16(15)20-11-14-6-8-17(18-4)19-10-14/h5-10,12H,11H2,1-4H3,(H,18,19). The Balaban J connectivity index is 2.11. The third kappa shape index (κ3) is 3.50. The zero-order valence-electron chi connectivity index (χ0n) is 12.6. The van der Waals surface area contributed by atoms with Gasteiger partial charge in [-0.2, -0.15) is 0 Å². The molecule has 3 heteroatoms. The maximum atomic E-state index is 5.98. The van der Waals surface area contributed by atoms with Gasteiger partial charge in [-0.05, 0) is 36.1 Å². The van der Waals surface area contributed by atoms with Crippen molar-refractivity contribution in [1.82, 2.24) is 4.98 Å². The van der Waals surface area contributed by atoms with Crippen LogP contribution < -0.4 is 10.1 Å². The van der Waals surface area contributed by atoms with Gasteiger partial charge in [0, 0.05) is 18.8 Å². The minimum Gasteiger partial charge on any atom is -0.489 e. The maximum absolute atomic E-state index is 5.98. The highest BCUT2D eigenvalue weighted by atomic mass is 16.5. The molecule has 1 aromatic carbocycles. The van der Waals surface area contributed by atoms with E-state index >= 15 is 0 Å². The summed E-state index contributed by atoms with van der Waals surface area (Å²) in [5.74, 6) is 2.29. The fraction of sp³-hybridized carbons (Fsp3) is 0.353. The Morgan fingerprint density at radius 3 is 2.60 bits per heavy atom. The Morgan fingerprint density at radius 2 is 2.00 bits per heavy atom. The zero-order chi connectivity index (χ0) is 14.5. The second-order valence-corrected chi connectivity index (χ2v) is 5.29. The average Bonchev–Trinajstić information content (AvgIpc) is 2.45. The largest absolute Gasteiger partial charge is 0.489 e. The number of hydrogen-bond donors (Lipinski definition) is 1. The highest BCUT2D eigenvalue weighted by Crippen LogP contribution is 2.28. The highest BCUT2D eigenvalue weighted by Gasteiger charge is 2.08. The quantitative estimate of drug-likeness (QED) is 0.887. The van der Waals surface area contributed by atoms with Gasteiger partial charge in [-0.15, -0.1) is 0 Å². The molecule has 0 bridgehead atoms. The summed E-state index contributed by atoms with van der Waals surface area (Å²) in [6.45, 7) is 6.99. The number of rotatable bonds is 5. The molecule has 1 aromatic heterocycles. The minimum absolute atomic E-state index is 0.454. The van der Waals surface area contributed by atoms with Crippen molar-refractivity contribution < 1.29 is 4.74 Å². The van der Waals surface area contributed by atoms with E-state index in [0.29, 0.717) is 12.5 Å². The number of benzene rings is 1. The summed E-state index contributed by atoms with van der Waals surface area (Å²) in [6, 6.07) is 10.4. The summed E-state index contributed by atoms with van der Waals surface area (Å²) >= 11 is 0. The van der Waals surface area contributed by atoms with Crippen LogP contribution in [0.3, 0.4) is 0 Å². The van der Waals surface area contributed by atoms with E-state index in [4.69, 9.17) is 4.74 Å². The Kier molecular flexibility index (Phi) is 4.61. The first-order valence-electron chi connectivity index (χ1n) is 6.96. The van der Waals surface area contributed by atoms with E-state index in [9.17, 15) is 0 Å². The predicted octanol–water partition coefficient (Wildman–Crippen LogP) is 4.13. The van der Waals surface area contributed by atoms with Gasteiger partial charge in [-0.1, -0.05) is 32.0 Å². The first-order valence-corrected chi connectivity index (χ1v) is 6.96. The lowest BCUT2D eigenvalue weighted by Crippen LogP contribution is -2.01. The van der Waals surface area contributed by atoms with Gasteiger partial charge >= 0.3 is 0 Å². The van der Waals surface area contributed by atoms with Crippen LogP contribution in [-0.4, -0.2) is 12.0 Å². The first-order chi connectivity index (χ1) is 9.60. The molecule has 0 radical (unpaired) electrons. The summed E-state index contributed by atoms with van der Waals surface area (Å²) in [5, 5.41) is 3.01. The van der Waals surface area contributed by atoms with Crippen LogP contribution >= 0.6 is 0 Å². The maximum Gasteiger partial charge on any atom is 0.125 e. The Bertz CT molecular complexity index is 562. The van der Waals surface area contributed by atoms with Crippen LogP contribution in [0.2, 0.25) is 0 Å². The SMILES string of the molecule is CNc1ccc(COc2cc(C)ccc2C(C)C)cn1. The average molecular weight is 270 g/mol. The molecule has 20 heavy (non-hydrogen) atoms. The lowest BCUT2D eigenvalue weighted by Gasteiger charge is -2.15. The molecule has 106 valence electrons. The first kappa shape index (κ1) is 14.4. The van der Waals surface area contributed by atoms with E-state index in [2.05, 4.69) is 49.3 Å². The number of nitrogens with zero attached hydrogens (tertiary/aromatic N) is 1. The van der Waals surface area contributed by atoms with Crippen LogP contribution in [0.5, 0.6) is 5.75 Å². The van der Waals surface area contributed by atoms with Crippen LogP contribution in [-0.2, 0) is 6.61 Å². The van der Waals surface area contributed by atoms with E-state index < -0.39 is 0 Å². The molecule has 1 heterocycles. The number of hydrogen-bond acceptors (Lipinski definition) is 3. The molecule has 2 rings (SSSR count). The minimum atomic E-state index is 0.454. The van der Waals surface area contributed by atoms with Crippen LogP contribution in [0.25, 0.3) is 0 Å². The monoisotopic (exact) mass is 270 g/mol. The second-order valence-electron chi connectivity index (χ2n) is 5.29. The van der Waals surface area contributed by atoms with Crippen LogP contribution in [0.4, 0.5) is 5.82 Å². The van der Waals surface area contributed by atoms with E-state index in [1.165, 1.54) is 11.1 Å². The van der Waals surface area contributed by atoms with Gasteiger partial charge < -0.3 is 10.1 Å². The van der Waals surface area contributed by atoms with Crippen molar-refractivity contribution in [2.45, 2.75) is 33.3 Å². The number of pyridine rings is 1. The summed E-state index contributed by atoms with van der Waals surface area (Å²) in [5.41, 5.74) is 3.53. The number of ether oxygens (including phenoxy) is 1. The fourth-order valence-corrected chi connectivity index (χ4v) is 2.06. The molecule has 0 amide bonds. The van der Waals surface area contributed by atoms with E-state index in [1.54, 1.807) is 0 Å². The Hall–Kier alpha value is -2.03. The third-order valence-electron chi connectivity index (χ3n) is 3.27. The molecule has 0 atom stereocenters. The highest BCUT2D eigenvalue weighted by molar-refractivity contribution is 5.39. The lowest BCUT2D eigenvalue weighted by atomic mass is 10.0. The van der Waals surface area contributed by atoms with Crippen LogP contribution in [0.15, 0.2) is 36.5 Å². The van der Waals surface area contributed by atoms with Crippen molar-refractivity contribution in [2.24, 2.45) is 0 Å². The van der Waals surface area contributed by atoms with E-state index in [1.807, 2.05) is 25.4 Å². The van der Waals surface area contributed by atoms with Crippen molar-refractivity contribution in [3.63, 3.8) is 0 Å². The number of aryl methyl sites for hydroxylation is 1. The van der Waals surface area contributed by atoms with Gasteiger partial charge in [0.15, 0.2) is 0 Å². The smallest absolute Gasteiger partial charge is 0.125 e. The Labute approximate surface area is 121 Å². The second kappa shape index (κ2) is 6.42. The Morgan fingerprint density at radius 1 is 1.20 bits per heavy atom. The van der Waals surface area contributed by atoms with E-state index in [0.717, 1.165) is 17.1 Å². The molecule has 2 aromatic rings. The lowest BCUT2D eigenvalue weighted by molar-refractivity contribution is 0.301. The van der Waals surface area contributed by atoms with Crippen LogP contribution in [0.1, 0.15) is 36.5 Å². The van der Waals surface area contributed by atoms with Crippen LogP contribution in [0, 0.1) is 6.92 Å². The van der Waals surface area contributed by atoms with E-state index in [-0.39, 0.29) is 0 Å². The van der Waals surface area contributed by atoms with Gasteiger partial charge in [-0.25, -0.2) is 4.98 Å². The van der Waals surface area contributed by atoms with Gasteiger partial charge in [0.05, 0.1) is 0 Å². The van der Waals surface area contributed by atoms with Gasteiger partial charge in [-0.3, -0.25) is 0 Å². The molecule has 0 aliphatic carbocycles. The van der Waals surface area contributed by atoms with Gasteiger partial charge in [0.1, 0.15) is 18.2 Å². The van der Waals surface area contributed by atoms with Gasteiger partial charge in [0.25, 0.3) is 0 Å². The van der Waals surface area contributed by atoms with Crippen molar-refractivity contribution in [3.05, 3.63) is 53.2 Å². The summed E-state index contributed by atoms with van der Waals surface area (Å²) in [7, 11) is 1.86. The number of aromatic nitrogens is 1. The van der Waals surface area contributed by atoms with Crippen molar-refractivity contribution >= 4 is 5.82 Å². The molecule has 0 fully saturated rings. The number of nitrogens with one attached hydrogen (secondary N) is 1. The predicted molar refractivity (Wildman–Crippen MR) is 83.4 cm³/mol. The van der Waals surface area contributed by atoms with Crippen molar-refractivity contribution in [2.75, 3.05) is 12.4 Å². The molecule has 0 saturated carbocycles. The molecule has 0 saturated heterocycles. The molecule has 0 aliphatic heterocycles. The molecule has 0 spiro atoms. The summed E-state index contributed by atoms with van der Waals surface area (Å²) in [4.78, 5) is 4.29. The van der Waals surface area contributed by atoms with Crippen molar-refractivity contribution in [3.8, 4) is 5.75 Å². The summed E-state index contributed by atoms with van der Waals surface area (Å²) in [6.07, 6.45) is 1.84. The normalized spacial score (nSPS) is 10.7.